The van der Waals surface area contributed by atoms with E-state index in [1.54, 1.807) is 48.5 Å². The highest BCUT2D eigenvalue weighted by molar-refractivity contribution is 6.08. The third kappa shape index (κ3) is 3.05. The van der Waals surface area contributed by atoms with Crippen LogP contribution in [0.15, 0.2) is 106 Å². The van der Waals surface area contributed by atoms with E-state index in [0.717, 1.165) is 16.3 Å². The Morgan fingerprint density at radius 1 is 0.700 bits per heavy atom. The highest BCUT2D eigenvalue weighted by atomic mass is 16.4. The van der Waals surface area contributed by atoms with Gasteiger partial charge in [-0.15, -0.1) is 0 Å². The van der Waals surface area contributed by atoms with Crippen LogP contribution in [0.1, 0.15) is 10.4 Å². The van der Waals surface area contributed by atoms with Crippen molar-refractivity contribution in [1.82, 2.24) is 0 Å². The van der Waals surface area contributed by atoms with E-state index in [1.807, 2.05) is 48.5 Å². The second kappa shape index (κ2) is 7.33. The molecule has 0 radical (unpaired) electrons. The van der Waals surface area contributed by atoms with Crippen molar-refractivity contribution in [2.24, 2.45) is 0 Å². The van der Waals surface area contributed by atoms with E-state index in [1.165, 1.54) is 0 Å². The van der Waals surface area contributed by atoms with Crippen LogP contribution in [0.3, 0.4) is 0 Å². The molecule has 1 heterocycles. The van der Waals surface area contributed by atoms with Gasteiger partial charge in [0.25, 0.3) is 5.91 Å². The number of fused-ring (bicyclic) bond motifs is 2. The molecular weight excluding hydrogens is 374 g/mol. The molecule has 144 valence electrons. The van der Waals surface area contributed by atoms with Crippen LogP contribution in [-0.2, 0) is 0 Å². The molecule has 4 aromatic carbocycles. The summed E-state index contributed by atoms with van der Waals surface area (Å²) in [4.78, 5) is 26.3. The van der Waals surface area contributed by atoms with Crippen LogP contribution in [0.2, 0.25) is 0 Å². The van der Waals surface area contributed by atoms with Crippen LogP contribution in [-0.4, -0.2) is 5.91 Å². The third-order valence-corrected chi connectivity index (χ3v) is 5.12. The maximum atomic E-state index is 13.5. The summed E-state index contributed by atoms with van der Waals surface area (Å²) in [7, 11) is 0. The van der Waals surface area contributed by atoms with Crippen LogP contribution in [0.25, 0.3) is 32.9 Å². The van der Waals surface area contributed by atoms with E-state index < -0.39 is 0 Å². The molecule has 0 aliphatic rings. The SMILES string of the molecule is O=C(Nc1oc2ccccc2c(=O)c1-c1cccc2ccccc12)c1ccccc1. The van der Waals surface area contributed by atoms with Gasteiger partial charge in [0, 0.05) is 5.56 Å². The number of hydrogen-bond donors (Lipinski definition) is 1. The molecular formula is C26H17NO3. The average molecular weight is 391 g/mol. The Hall–Kier alpha value is -4.18. The zero-order valence-electron chi connectivity index (χ0n) is 16.0. The van der Waals surface area contributed by atoms with Gasteiger partial charge in [0.1, 0.15) is 5.58 Å². The molecule has 5 aromatic rings. The Morgan fingerprint density at radius 3 is 2.20 bits per heavy atom. The van der Waals surface area contributed by atoms with Crippen molar-refractivity contribution in [3.63, 3.8) is 0 Å². The molecule has 1 aromatic heterocycles. The van der Waals surface area contributed by atoms with Gasteiger partial charge < -0.3 is 4.42 Å². The molecule has 0 spiro atoms. The lowest BCUT2D eigenvalue weighted by molar-refractivity contribution is 0.102. The van der Waals surface area contributed by atoms with Gasteiger partial charge in [-0.2, -0.15) is 0 Å². The molecule has 30 heavy (non-hydrogen) atoms. The second-order valence-electron chi connectivity index (χ2n) is 6.98. The largest absolute Gasteiger partial charge is 0.439 e. The van der Waals surface area contributed by atoms with Crippen LogP contribution >= 0.6 is 0 Å². The fourth-order valence-corrected chi connectivity index (χ4v) is 3.68. The van der Waals surface area contributed by atoms with E-state index in [-0.39, 0.29) is 17.2 Å². The second-order valence-corrected chi connectivity index (χ2v) is 6.98. The topological polar surface area (TPSA) is 59.3 Å². The standard InChI is InChI=1S/C26H17NO3/c28-24-21-14-6-7-16-22(21)30-26(27-25(29)18-10-2-1-3-11-18)23(24)20-15-8-12-17-9-4-5-13-19(17)20/h1-16H,(H,27,29). The first kappa shape index (κ1) is 17.9. The van der Waals surface area contributed by atoms with Crippen molar-refractivity contribution in [3.8, 4) is 11.1 Å². The number of anilines is 1. The molecule has 4 heteroatoms. The number of carbonyl (C=O) groups excluding carboxylic acids is 1. The minimum absolute atomic E-state index is 0.143. The van der Waals surface area contributed by atoms with E-state index in [2.05, 4.69) is 5.32 Å². The summed E-state index contributed by atoms with van der Waals surface area (Å²) in [5.41, 5.74) is 1.79. The Labute approximate surface area is 172 Å². The van der Waals surface area contributed by atoms with E-state index in [9.17, 15) is 9.59 Å². The molecule has 0 bridgehead atoms. The minimum Gasteiger partial charge on any atom is -0.439 e. The number of carbonyl (C=O) groups is 1. The summed E-state index contributed by atoms with van der Waals surface area (Å²) in [5.74, 6) is -0.195. The fourth-order valence-electron chi connectivity index (χ4n) is 3.68. The Morgan fingerprint density at radius 2 is 1.37 bits per heavy atom. The first-order valence-corrected chi connectivity index (χ1v) is 9.63. The summed E-state index contributed by atoms with van der Waals surface area (Å²) >= 11 is 0. The number of benzene rings is 4. The number of para-hydroxylation sites is 1. The Balaban J connectivity index is 1.78. The molecule has 0 unspecified atom stereocenters. The van der Waals surface area contributed by atoms with Crippen LogP contribution in [0, 0.1) is 0 Å². The third-order valence-electron chi connectivity index (χ3n) is 5.12. The fraction of sp³-hybridized carbons (Fsp3) is 0. The molecule has 0 atom stereocenters. The van der Waals surface area contributed by atoms with Crippen molar-refractivity contribution in [1.29, 1.82) is 0 Å². The van der Waals surface area contributed by atoms with Gasteiger partial charge in [0.05, 0.1) is 10.9 Å². The van der Waals surface area contributed by atoms with Gasteiger partial charge in [0.2, 0.25) is 11.3 Å². The zero-order valence-corrected chi connectivity index (χ0v) is 16.0. The van der Waals surface area contributed by atoms with Crippen molar-refractivity contribution in [3.05, 3.63) is 113 Å². The highest BCUT2D eigenvalue weighted by Gasteiger charge is 2.20. The van der Waals surface area contributed by atoms with Gasteiger partial charge >= 0.3 is 0 Å². The number of amides is 1. The number of nitrogens with one attached hydrogen (secondary N) is 1. The van der Waals surface area contributed by atoms with E-state index >= 15 is 0 Å². The summed E-state index contributed by atoms with van der Waals surface area (Å²) in [6.07, 6.45) is 0. The monoisotopic (exact) mass is 391 g/mol. The van der Waals surface area contributed by atoms with Crippen molar-refractivity contribution in [2.75, 3.05) is 5.32 Å². The zero-order chi connectivity index (χ0) is 20.5. The maximum Gasteiger partial charge on any atom is 0.257 e. The predicted octanol–water partition coefficient (Wildman–Crippen LogP) is 5.87. The van der Waals surface area contributed by atoms with Gasteiger partial charge in [-0.1, -0.05) is 72.8 Å². The predicted molar refractivity (Wildman–Crippen MR) is 120 cm³/mol. The summed E-state index contributed by atoms with van der Waals surface area (Å²) < 4.78 is 6.04. The molecule has 5 rings (SSSR count). The summed E-state index contributed by atoms with van der Waals surface area (Å²) in [5, 5.41) is 5.21. The average Bonchev–Trinajstić information content (AvgIpc) is 2.80. The smallest absolute Gasteiger partial charge is 0.257 e. The normalized spacial score (nSPS) is 10.9. The van der Waals surface area contributed by atoms with Crippen molar-refractivity contribution < 1.29 is 9.21 Å². The quantitative estimate of drug-likeness (QED) is 0.419. The summed E-state index contributed by atoms with van der Waals surface area (Å²) in [6.45, 7) is 0. The Bertz CT molecular complexity index is 1450. The number of hydrogen-bond acceptors (Lipinski definition) is 3. The molecule has 0 saturated carbocycles. The highest BCUT2D eigenvalue weighted by Crippen LogP contribution is 2.33. The Kier molecular flexibility index (Phi) is 4.37. The molecule has 4 nitrogen and oxygen atoms in total. The first-order chi connectivity index (χ1) is 14.7. The molecule has 0 aliphatic carbocycles. The summed E-state index contributed by atoms with van der Waals surface area (Å²) in [6, 6.07) is 29.5. The lowest BCUT2D eigenvalue weighted by Crippen LogP contribution is -2.16. The lowest BCUT2D eigenvalue weighted by atomic mass is 9.97. The van der Waals surface area contributed by atoms with Gasteiger partial charge in [-0.3, -0.25) is 14.9 Å². The van der Waals surface area contributed by atoms with E-state index in [4.69, 9.17) is 4.42 Å². The van der Waals surface area contributed by atoms with Crippen molar-refractivity contribution in [2.45, 2.75) is 0 Å². The first-order valence-electron chi connectivity index (χ1n) is 9.63. The molecule has 0 aliphatic heterocycles. The van der Waals surface area contributed by atoms with Crippen LogP contribution in [0.4, 0.5) is 5.88 Å². The molecule has 0 saturated heterocycles. The lowest BCUT2D eigenvalue weighted by Gasteiger charge is -2.13. The molecule has 1 amide bonds. The maximum absolute atomic E-state index is 13.5. The molecule has 0 fully saturated rings. The van der Waals surface area contributed by atoms with Gasteiger partial charge in [-0.05, 0) is 40.6 Å². The van der Waals surface area contributed by atoms with Gasteiger partial charge in [0.15, 0.2) is 0 Å². The van der Waals surface area contributed by atoms with Crippen LogP contribution < -0.4 is 10.7 Å². The molecule has 1 N–H and O–H groups in total. The van der Waals surface area contributed by atoms with Crippen LogP contribution in [0.5, 0.6) is 0 Å². The van der Waals surface area contributed by atoms with Crippen molar-refractivity contribution >= 4 is 33.5 Å². The number of rotatable bonds is 3. The van der Waals surface area contributed by atoms with E-state index in [0.29, 0.717) is 22.1 Å². The van der Waals surface area contributed by atoms with Gasteiger partial charge in [-0.25, -0.2) is 0 Å². The minimum atomic E-state index is -0.337.